The van der Waals surface area contributed by atoms with Crippen molar-refractivity contribution in [1.29, 1.82) is 0 Å². The molecular formula is C29H20NaO5PS. The number of methoxy groups -OCH3 is 1. The second-order valence-electron chi connectivity index (χ2n) is 8.26. The van der Waals surface area contributed by atoms with Crippen LogP contribution in [0.2, 0.25) is 0 Å². The molecule has 0 bridgehead atoms. The Balaban J connectivity index is 0.00000280. The number of rotatable bonds is 5. The standard InChI is InChI=1S/C29H21O5PS.Na/c1-32-25-15-8-14-24-27(18-20-10-3-7-16-28(20)36-29(24)25)34-35(30,31)33-26-17-19-9-2-4-11-21(19)22-12-5-6-13-23(22)26;/h2-18H,1H3,(H,30,31);/q;+1/p-1. The van der Waals surface area contributed by atoms with E-state index >= 15 is 0 Å². The largest absolute Gasteiger partial charge is 1.00 e. The fourth-order valence-electron chi connectivity index (χ4n) is 4.43. The van der Waals surface area contributed by atoms with E-state index < -0.39 is 7.82 Å². The fourth-order valence-corrected chi connectivity index (χ4v) is 6.39. The average Bonchev–Trinajstić information content (AvgIpc) is 3.04. The monoisotopic (exact) mass is 534 g/mol. The molecule has 1 atom stereocenters. The molecular weight excluding hydrogens is 514 g/mol. The van der Waals surface area contributed by atoms with E-state index in [1.165, 1.54) is 11.8 Å². The number of hydrogen-bond donors (Lipinski definition) is 0. The summed E-state index contributed by atoms with van der Waals surface area (Å²) in [6.45, 7) is 0. The van der Waals surface area contributed by atoms with Crippen LogP contribution < -0.4 is 43.7 Å². The minimum Gasteiger partial charge on any atom is -0.736 e. The molecule has 0 amide bonds. The van der Waals surface area contributed by atoms with Crippen LogP contribution in [-0.4, -0.2) is 7.11 Å². The maximum atomic E-state index is 13.3. The number of phosphoric ester groups is 1. The molecule has 37 heavy (non-hydrogen) atoms. The minimum atomic E-state index is -4.84. The van der Waals surface area contributed by atoms with Gasteiger partial charge in [0, 0.05) is 15.8 Å². The molecule has 5 nitrogen and oxygen atoms in total. The van der Waals surface area contributed by atoms with Crippen molar-refractivity contribution in [2.24, 2.45) is 0 Å². The van der Waals surface area contributed by atoms with Crippen molar-refractivity contribution in [2.75, 3.05) is 7.11 Å². The molecule has 6 rings (SSSR count). The molecule has 1 aliphatic rings. The summed E-state index contributed by atoms with van der Waals surface area (Å²) in [6.07, 6.45) is 1.72. The summed E-state index contributed by atoms with van der Waals surface area (Å²) in [6, 6.07) is 30.3. The van der Waals surface area contributed by atoms with Gasteiger partial charge in [0.25, 0.3) is 0 Å². The predicted octanol–water partition coefficient (Wildman–Crippen LogP) is 4.53. The first-order valence-electron chi connectivity index (χ1n) is 11.3. The van der Waals surface area contributed by atoms with Gasteiger partial charge in [0.05, 0.1) is 12.0 Å². The maximum Gasteiger partial charge on any atom is 1.00 e. The number of phosphoric acid groups is 1. The number of ether oxygens (including phenoxy) is 1. The van der Waals surface area contributed by atoms with Gasteiger partial charge in [-0.1, -0.05) is 84.6 Å². The summed E-state index contributed by atoms with van der Waals surface area (Å²) in [4.78, 5) is 15.1. The van der Waals surface area contributed by atoms with Gasteiger partial charge in [-0.25, -0.2) is 4.57 Å². The summed E-state index contributed by atoms with van der Waals surface area (Å²) in [5.74, 6) is 1.02. The molecule has 0 saturated heterocycles. The van der Waals surface area contributed by atoms with Crippen LogP contribution in [0.4, 0.5) is 0 Å². The third-order valence-corrected chi connectivity index (χ3v) is 8.09. The van der Waals surface area contributed by atoms with Crippen molar-refractivity contribution in [3.8, 4) is 11.5 Å². The zero-order valence-electron chi connectivity index (χ0n) is 20.2. The summed E-state index contributed by atoms with van der Waals surface area (Å²) in [5, 5.41) is 3.48. The van der Waals surface area contributed by atoms with E-state index in [1.54, 1.807) is 25.3 Å². The minimum absolute atomic E-state index is 0. The van der Waals surface area contributed by atoms with Crippen LogP contribution in [0.5, 0.6) is 11.5 Å². The molecule has 1 aliphatic heterocycles. The van der Waals surface area contributed by atoms with Crippen molar-refractivity contribution in [3.05, 3.63) is 108 Å². The second-order valence-corrected chi connectivity index (χ2v) is 10.6. The summed E-state index contributed by atoms with van der Waals surface area (Å²) in [7, 11) is -3.26. The van der Waals surface area contributed by atoms with Crippen LogP contribution in [0.3, 0.4) is 0 Å². The van der Waals surface area contributed by atoms with Gasteiger partial charge in [-0.15, -0.1) is 0 Å². The summed E-state index contributed by atoms with van der Waals surface area (Å²) in [5.41, 5.74) is 1.45. The first-order chi connectivity index (χ1) is 17.5. The third-order valence-electron chi connectivity index (χ3n) is 6.03. The molecule has 0 N–H and O–H groups in total. The molecule has 0 radical (unpaired) electrons. The van der Waals surface area contributed by atoms with E-state index in [4.69, 9.17) is 13.8 Å². The Kier molecular flexibility index (Phi) is 7.42. The van der Waals surface area contributed by atoms with Crippen molar-refractivity contribution in [1.82, 2.24) is 0 Å². The Bertz CT molecular complexity index is 1720. The maximum absolute atomic E-state index is 13.3. The molecule has 1 unspecified atom stereocenters. The molecule has 8 heteroatoms. The molecule has 0 aliphatic carbocycles. The van der Waals surface area contributed by atoms with Gasteiger partial charge in [-0.2, -0.15) is 0 Å². The van der Waals surface area contributed by atoms with E-state index in [0.717, 1.165) is 31.5 Å². The van der Waals surface area contributed by atoms with Gasteiger partial charge in [-0.3, -0.25) is 0 Å². The predicted molar refractivity (Wildman–Crippen MR) is 142 cm³/mol. The molecule has 5 aromatic carbocycles. The van der Waals surface area contributed by atoms with Gasteiger partial charge < -0.3 is 18.7 Å². The van der Waals surface area contributed by atoms with Gasteiger partial charge in [0.15, 0.2) is 0 Å². The zero-order chi connectivity index (χ0) is 24.7. The Morgan fingerprint density at radius 3 is 2.27 bits per heavy atom. The normalized spacial score (nSPS) is 13.8. The Morgan fingerprint density at radius 1 is 0.757 bits per heavy atom. The summed E-state index contributed by atoms with van der Waals surface area (Å²) < 4.78 is 30.2. The summed E-state index contributed by atoms with van der Waals surface area (Å²) >= 11 is 1.50. The number of benzene rings is 5. The van der Waals surface area contributed by atoms with Gasteiger partial charge in [-0.05, 0) is 52.1 Å². The Morgan fingerprint density at radius 2 is 1.46 bits per heavy atom. The molecule has 0 saturated carbocycles. The zero-order valence-corrected chi connectivity index (χ0v) is 23.9. The first-order valence-corrected chi connectivity index (χ1v) is 13.6. The van der Waals surface area contributed by atoms with Gasteiger partial charge >= 0.3 is 37.4 Å². The van der Waals surface area contributed by atoms with Crippen LogP contribution in [0, 0.1) is 0 Å². The molecule has 1 heterocycles. The average molecular weight is 535 g/mol. The number of fused-ring (bicyclic) bond motifs is 5. The van der Waals surface area contributed by atoms with E-state index in [-0.39, 0.29) is 41.1 Å². The van der Waals surface area contributed by atoms with Crippen molar-refractivity contribution in [3.63, 3.8) is 0 Å². The molecule has 0 fully saturated rings. The third kappa shape index (κ3) is 5.06. The molecule has 5 aromatic rings. The first kappa shape index (κ1) is 25.9. The Hall–Kier alpha value is -2.70. The second kappa shape index (κ2) is 10.6. The SMILES string of the molecule is COc1cccc2c1Sc1ccccc1C=C2OP(=O)([O-])Oc1cc2ccccc2c2ccccc12.[Na+]. The van der Waals surface area contributed by atoms with Gasteiger partial charge in [0.2, 0.25) is 0 Å². The topological polar surface area (TPSA) is 67.8 Å². The van der Waals surface area contributed by atoms with Crippen LogP contribution in [-0.2, 0) is 9.09 Å². The van der Waals surface area contributed by atoms with Crippen LogP contribution >= 0.6 is 19.6 Å². The fraction of sp³-hybridized carbons (Fsp3) is 0.0345. The quantitative estimate of drug-likeness (QED) is 0.188. The molecule has 0 aromatic heterocycles. The van der Waals surface area contributed by atoms with Crippen LogP contribution in [0.15, 0.2) is 107 Å². The smallest absolute Gasteiger partial charge is 0.736 e. The van der Waals surface area contributed by atoms with Crippen LogP contribution in [0.1, 0.15) is 11.1 Å². The van der Waals surface area contributed by atoms with Crippen LogP contribution in [0.25, 0.3) is 33.4 Å². The molecule has 178 valence electrons. The van der Waals surface area contributed by atoms with E-state index in [9.17, 15) is 9.46 Å². The van der Waals surface area contributed by atoms with Crippen molar-refractivity contribution < 1.29 is 52.8 Å². The van der Waals surface area contributed by atoms with Gasteiger partial charge in [0.1, 0.15) is 17.3 Å². The molecule has 0 spiro atoms. The Labute approximate surface area is 241 Å². The van der Waals surface area contributed by atoms with Crippen molar-refractivity contribution >= 4 is 53.0 Å². The van der Waals surface area contributed by atoms with E-state index in [2.05, 4.69) is 0 Å². The van der Waals surface area contributed by atoms with Crippen molar-refractivity contribution in [2.45, 2.75) is 9.79 Å². The van der Waals surface area contributed by atoms with E-state index in [1.807, 2.05) is 84.9 Å². The van der Waals surface area contributed by atoms with E-state index in [0.29, 0.717) is 16.7 Å². The number of hydrogen-bond acceptors (Lipinski definition) is 6.